The van der Waals surface area contributed by atoms with Crippen molar-refractivity contribution in [1.29, 1.82) is 0 Å². The van der Waals surface area contributed by atoms with Gasteiger partial charge in [0.1, 0.15) is 48.5 Å². The number of carbonyl (C=O) groups is 1. The molecule has 2 N–H and O–H groups in total. The number of rotatable bonds is 9. The van der Waals surface area contributed by atoms with Crippen molar-refractivity contribution in [1.82, 2.24) is 15.3 Å². The van der Waals surface area contributed by atoms with E-state index in [1.54, 1.807) is 0 Å². The molecular formula is C30H23F8N3O4. The lowest BCUT2D eigenvalue weighted by atomic mass is 9.82. The molecule has 0 aliphatic carbocycles. The third-order valence-corrected chi connectivity index (χ3v) is 7.57. The second-order valence-corrected chi connectivity index (χ2v) is 10.4. The first-order chi connectivity index (χ1) is 21.3. The number of halogens is 8. The Hall–Kier alpha value is -4.53. The molecule has 0 saturated carbocycles. The zero-order valence-electron chi connectivity index (χ0n) is 23.2. The number of hydrogen-bond acceptors (Lipinski definition) is 6. The Kier molecular flexibility index (Phi) is 8.33. The summed E-state index contributed by atoms with van der Waals surface area (Å²) in [6.07, 6.45) is -7.49. The molecule has 3 heterocycles. The lowest BCUT2D eigenvalue weighted by molar-refractivity contribution is -0.265. The molecule has 1 aliphatic heterocycles. The molecule has 0 fully saturated rings. The Morgan fingerprint density at radius 1 is 1.11 bits per heavy atom. The van der Waals surface area contributed by atoms with Gasteiger partial charge < -0.3 is 19.9 Å². The number of methoxy groups -OCH3 is 1. The molecule has 0 spiro atoms. The van der Waals surface area contributed by atoms with Gasteiger partial charge in [0, 0.05) is 33.8 Å². The van der Waals surface area contributed by atoms with Crippen molar-refractivity contribution in [3.63, 3.8) is 0 Å². The minimum absolute atomic E-state index is 0.0246. The quantitative estimate of drug-likeness (QED) is 0.214. The first kappa shape index (κ1) is 31.9. The van der Waals surface area contributed by atoms with E-state index in [9.17, 15) is 45.0 Å². The maximum Gasteiger partial charge on any atom is 0.424 e. The summed E-state index contributed by atoms with van der Waals surface area (Å²) in [5, 5.41) is 13.1. The summed E-state index contributed by atoms with van der Waals surface area (Å²) in [6.45, 7) is -4.84. The number of nitrogens with one attached hydrogen (secondary N) is 1. The lowest BCUT2D eigenvalue weighted by Crippen LogP contribution is -2.51. The molecule has 0 radical (unpaired) electrons. The van der Waals surface area contributed by atoms with E-state index in [1.807, 2.05) is 5.32 Å². The third-order valence-electron chi connectivity index (χ3n) is 7.57. The van der Waals surface area contributed by atoms with Crippen LogP contribution >= 0.6 is 0 Å². The number of ether oxygens (including phenoxy) is 2. The van der Waals surface area contributed by atoms with Crippen LogP contribution in [0.5, 0.6) is 11.5 Å². The number of pyridine rings is 2. The van der Waals surface area contributed by atoms with Gasteiger partial charge in [0.05, 0.1) is 24.8 Å². The van der Waals surface area contributed by atoms with Gasteiger partial charge in [-0.25, -0.2) is 26.9 Å². The summed E-state index contributed by atoms with van der Waals surface area (Å²) in [5.74, 6) is -2.13. The second kappa shape index (κ2) is 11.8. The van der Waals surface area contributed by atoms with Gasteiger partial charge in [-0.15, -0.1) is 0 Å². The van der Waals surface area contributed by atoms with Crippen molar-refractivity contribution in [3.8, 4) is 22.8 Å². The Labute approximate surface area is 249 Å². The van der Waals surface area contributed by atoms with Gasteiger partial charge in [0.2, 0.25) is 5.60 Å². The first-order valence-corrected chi connectivity index (χ1v) is 13.2. The number of aromatic nitrogens is 2. The molecule has 2 aromatic carbocycles. The van der Waals surface area contributed by atoms with E-state index in [1.165, 1.54) is 7.11 Å². The van der Waals surface area contributed by atoms with E-state index in [0.717, 1.165) is 48.7 Å². The summed E-state index contributed by atoms with van der Waals surface area (Å²) in [4.78, 5) is 20.9. The molecule has 5 rings (SSSR count). The minimum atomic E-state index is -5.51. The van der Waals surface area contributed by atoms with Crippen LogP contribution in [0, 0.1) is 5.82 Å². The van der Waals surface area contributed by atoms with Crippen LogP contribution < -0.4 is 14.8 Å². The summed E-state index contributed by atoms with van der Waals surface area (Å²) in [6, 6.07) is 8.21. The van der Waals surface area contributed by atoms with Crippen LogP contribution in [0.15, 0.2) is 54.7 Å². The van der Waals surface area contributed by atoms with E-state index in [0.29, 0.717) is 6.07 Å². The average Bonchev–Trinajstić information content (AvgIpc) is 3.41. The molecule has 0 bridgehead atoms. The zero-order chi connectivity index (χ0) is 32.7. The van der Waals surface area contributed by atoms with Crippen molar-refractivity contribution < 1.29 is 54.5 Å². The number of amides is 1. The summed E-state index contributed by atoms with van der Waals surface area (Å²) >= 11 is 0. The first-order valence-electron chi connectivity index (χ1n) is 13.2. The Morgan fingerprint density at radius 3 is 2.40 bits per heavy atom. The molecule has 7 nitrogen and oxygen atoms in total. The fourth-order valence-electron chi connectivity index (χ4n) is 4.92. The molecule has 238 valence electrons. The highest BCUT2D eigenvalue weighted by molar-refractivity contribution is 6.00. The highest BCUT2D eigenvalue weighted by Crippen LogP contribution is 2.48. The molecule has 0 saturated heterocycles. The molecule has 1 amide bonds. The van der Waals surface area contributed by atoms with Crippen molar-refractivity contribution in [2.45, 2.75) is 23.6 Å². The number of aliphatic hydroxyl groups is 1. The lowest BCUT2D eigenvalue weighted by Gasteiger charge is -2.31. The molecule has 1 atom stereocenters. The molecular weight excluding hydrogens is 618 g/mol. The normalized spacial score (nSPS) is 15.4. The number of carbonyl (C=O) groups excluding carboxylic acids is 1. The van der Waals surface area contributed by atoms with E-state index < -0.39 is 73.1 Å². The van der Waals surface area contributed by atoms with Gasteiger partial charge in [0.15, 0.2) is 0 Å². The summed E-state index contributed by atoms with van der Waals surface area (Å²) in [5.41, 5.74) is -8.39. The third kappa shape index (κ3) is 5.60. The minimum Gasteiger partial charge on any atom is -0.494 e. The molecule has 1 aliphatic rings. The molecule has 15 heteroatoms. The van der Waals surface area contributed by atoms with Crippen LogP contribution in [0.2, 0.25) is 0 Å². The summed E-state index contributed by atoms with van der Waals surface area (Å²) in [7, 11) is 1.21. The topological polar surface area (TPSA) is 93.6 Å². The zero-order valence-corrected chi connectivity index (χ0v) is 23.2. The molecule has 45 heavy (non-hydrogen) atoms. The van der Waals surface area contributed by atoms with Gasteiger partial charge in [0.25, 0.3) is 12.3 Å². The average molecular weight is 642 g/mol. The standard InChI is InChI=1S/C30H23F8N3O4/c1-44-21-8-17(6-16-7-18(26(34)35)10-39-23(16)21)27(42)40-13-29(43,30(36,37)38)22-9-20-25(45-14-28(20,11-31)12-32)24(41-22)15-2-4-19(33)5-3-15/h2-10,26,43H,11-14H2,1H3,(H,40,42). The van der Waals surface area contributed by atoms with E-state index in [2.05, 4.69) is 9.97 Å². The fourth-order valence-corrected chi connectivity index (χ4v) is 4.92. The van der Waals surface area contributed by atoms with Crippen molar-refractivity contribution in [2.24, 2.45) is 0 Å². The highest BCUT2D eigenvalue weighted by atomic mass is 19.4. The smallest absolute Gasteiger partial charge is 0.424 e. The van der Waals surface area contributed by atoms with E-state index >= 15 is 0 Å². The maximum atomic E-state index is 14.6. The molecule has 1 unspecified atom stereocenters. The van der Waals surface area contributed by atoms with Gasteiger partial charge in [-0.2, -0.15) is 13.2 Å². The Balaban J connectivity index is 1.58. The van der Waals surface area contributed by atoms with E-state index in [4.69, 9.17) is 9.47 Å². The van der Waals surface area contributed by atoms with Gasteiger partial charge in [-0.05, 0) is 48.5 Å². The number of benzene rings is 2. The monoisotopic (exact) mass is 641 g/mol. The second-order valence-electron chi connectivity index (χ2n) is 10.4. The van der Waals surface area contributed by atoms with Crippen LogP contribution in [0.1, 0.15) is 33.6 Å². The van der Waals surface area contributed by atoms with Gasteiger partial charge >= 0.3 is 6.18 Å². The molecule has 4 aromatic rings. The number of alkyl halides is 7. The number of hydrogen-bond donors (Lipinski definition) is 2. The van der Waals surface area contributed by atoms with Crippen LogP contribution in [0.25, 0.3) is 22.2 Å². The van der Waals surface area contributed by atoms with Gasteiger partial charge in [-0.1, -0.05) is 0 Å². The highest BCUT2D eigenvalue weighted by Gasteiger charge is 2.57. The maximum absolute atomic E-state index is 14.6. The van der Waals surface area contributed by atoms with Crippen LogP contribution in [0.3, 0.4) is 0 Å². The Morgan fingerprint density at radius 2 is 1.80 bits per heavy atom. The van der Waals surface area contributed by atoms with Crippen molar-refractivity contribution in [2.75, 3.05) is 33.6 Å². The van der Waals surface area contributed by atoms with Crippen LogP contribution in [-0.2, 0) is 11.0 Å². The SMILES string of the molecule is COc1cc(C(=O)NCC(O)(c2cc3c(c(-c4ccc(F)cc4)n2)OCC3(CF)CF)C(F)(F)F)cc2cc(C(F)F)cnc12. The van der Waals surface area contributed by atoms with Crippen LogP contribution in [0.4, 0.5) is 35.1 Å². The predicted octanol–water partition coefficient (Wildman–Crippen LogP) is 6.13. The van der Waals surface area contributed by atoms with Gasteiger partial charge in [-0.3, -0.25) is 9.78 Å². The van der Waals surface area contributed by atoms with Crippen molar-refractivity contribution >= 4 is 16.8 Å². The Bertz CT molecular complexity index is 1750. The van der Waals surface area contributed by atoms with Crippen LogP contribution in [-0.4, -0.2) is 60.8 Å². The number of nitrogens with zero attached hydrogens (tertiary/aromatic N) is 2. The van der Waals surface area contributed by atoms with Crippen molar-refractivity contribution in [3.05, 3.63) is 82.9 Å². The molecule has 2 aromatic heterocycles. The van der Waals surface area contributed by atoms with E-state index in [-0.39, 0.29) is 44.8 Å². The fraction of sp³-hybridized carbons (Fsp3) is 0.300. The predicted molar refractivity (Wildman–Crippen MR) is 144 cm³/mol. The largest absolute Gasteiger partial charge is 0.494 e. The number of fused-ring (bicyclic) bond motifs is 2. The summed E-state index contributed by atoms with van der Waals surface area (Å²) < 4.78 is 123.